The molecule has 0 saturated heterocycles. The van der Waals surface area contributed by atoms with Crippen molar-refractivity contribution in [1.82, 2.24) is 9.55 Å². The van der Waals surface area contributed by atoms with Crippen molar-refractivity contribution >= 4 is 39.4 Å². The van der Waals surface area contributed by atoms with Crippen molar-refractivity contribution in [1.29, 1.82) is 0 Å². The molecule has 0 atom stereocenters. The summed E-state index contributed by atoms with van der Waals surface area (Å²) in [5.41, 5.74) is 11.8. The van der Waals surface area contributed by atoms with Gasteiger partial charge in [-0.3, -0.25) is 4.57 Å². The predicted molar refractivity (Wildman–Crippen MR) is 173 cm³/mol. The average molecular weight is 546 g/mol. The SMILES string of the molecule is CCc1nc2cccc3c2n1-c1cc(-c2ccc(-c4ccc(-c5ccccc5)s4)cc2)ccc1N3c1ccccc1. The summed E-state index contributed by atoms with van der Waals surface area (Å²) >= 11 is 1.84. The van der Waals surface area contributed by atoms with Gasteiger partial charge in [0.2, 0.25) is 0 Å². The summed E-state index contributed by atoms with van der Waals surface area (Å²) in [6, 6.07) is 47.9. The normalized spacial score (nSPS) is 12.1. The van der Waals surface area contributed by atoms with Gasteiger partial charge in [0.15, 0.2) is 0 Å². The number of aryl methyl sites for hydroxylation is 1. The molecule has 196 valence electrons. The number of imidazole rings is 1. The number of para-hydroxylation sites is 2. The molecule has 3 nitrogen and oxygen atoms in total. The number of fused-ring (bicyclic) bond motifs is 2. The average Bonchev–Trinajstić information content (AvgIpc) is 3.69. The van der Waals surface area contributed by atoms with E-state index in [1.165, 1.54) is 43.2 Å². The molecular formula is C37H27N3S. The Bertz CT molecular complexity index is 2020. The van der Waals surface area contributed by atoms with Gasteiger partial charge in [0, 0.05) is 21.9 Å². The van der Waals surface area contributed by atoms with Crippen LogP contribution in [0.4, 0.5) is 17.1 Å². The quantitative estimate of drug-likeness (QED) is 0.214. The van der Waals surface area contributed by atoms with E-state index in [0.717, 1.165) is 34.8 Å². The first-order chi connectivity index (χ1) is 20.3. The Morgan fingerprint density at radius 1 is 0.561 bits per heavy atom. The Hall–Kier alpha value is -4.93. The van der Waals surface area contributed by atoms with E-state index in [-0.39, 0.29) is 0 Å². The monoisotopic (exact) mass is 545 g/mol. The molecule has 0 aliphatic carbocycles. The minimum Gasteiger partial charge on any atom is -0.306 e. The minimum absolute atomic E-state index is 0.865. The highest BCUT2D eigenvalue weighted by atomic mass is 32.1. The molecule has 7 aromatic rings. The summed E-state index contributed by atoms with van der Waals surface area (Å²) in [7, 11) is 0. The molecular weight excluding hydrogens is 518 g/mol. The van der Waals surface area contributed by atoms with E-state index < -0.39 is 0 Å². The second kappa shape index (κ2) is 9.61. The van der Waals surface area contributed by atoms with Crippen LogP contribution in [0.2, 0.25) is 0 Å². The Labute approximate surface area is 243 Å². The zero-order valence-corrected chi connectivity index (χ0v) is 23.5. The van der Waals surface area contributed by atoms with Crippen molar-refractivity contribution in [2.45, 2.75) is 13.3 Å². The molecule has 0 unspecified atom stereocenters. The summed E-state index contributed by atoms with van der Waals surface area (Å²) in [4.78, 5) is 9.98. The molecule has 0 spiro atoms. The van der Waals surface area contributed by atoms with Crippen LogP contribution in [-0.2, 0) is 6.42 Å². The summed E-state index contributed by atoms with van der Waals surface area (Å²) in [5, 5.41) is 0. The second-order valence-electron chi connectivity index (χ2n) is 10.3. The number of aromatic nitrogens is 2. The Morgan fingerprint density at radius 3 is 1.95 bits per heavy atom. The van der Waals surface area contributed by atoms with Gasteiger partial charge in [-0.25, -0.2) is 4.98 Å². The van der Waals surface area contributed by atoms with Gasteiger partial charge in [0.05, 0.1) is 28.1 Å². The van der Waals surface area contributed by atoms with E-state index >= 15 is 0 Å². The zero-order valence-electron chi connectivity index (χ0n) is 22.7. The van der Waals surface area contributed by atoms with E-state index in [1.807, 2.05) is 11.3 Å². The molecule has 1 aliphatic heterocycles. The molecule has 0 radical (unpaired) electrons. The lowest BCUT2D eigenvalue weighted by atomic mass is 10.00. The summed E-state index contributed by atoms with van der Waals surface area (Å²) in [6.45, 7) is 2.18. The first kappa shape index (κ1) is 23.9. The van der Waals surface area contributed by atoms with Crippen LogP contribution in [0.3, 0.4) is 0 Å². The van der Waals surface area contributed by atoms with Crippen LogP contribution in [-0.4, -0.2) is 9.55 Å². The van der Waals surface area contributed by atoms with Crippen LogP contribution in [0.25, 0.3) is 48.7 Å². The number of anilines is 3. The van der Waals surface area contributed by atoms with Gasteiger partial charge in [0.25, 0.3) is 0 Å². The van der Waals surface area contributed by atoms with Crippen molar-refractivity contribution in [3.05, 3.63) is 139 Å². The van der Waals surface area contributed by atoms with Gasteiger partial charge in [0.1, 0.15) is 5.82 Å². The first-order valence-electron chi connectivity index (χ1n) is 14.0. The molecule has 0 saturated carbocycles. The van der Waals surface area contributed by atoms with Gasteiger partial charge < -0.3 is 4.90 Å². The van der Waals surface area contributed by atoms with Crippen LogP contribution in [0, 0.1) is 0 Å². The van der Waals surface area contributed by atoms with Crippen molar-refractivity contribution in [3.63, 3.8) is 0 Å². The zero-order chi connectivity index (χ0) is 27.3. The third-order valence-electron chi connectivity index (χ3n) is 7.92. The number of benzene rings is 5. The van der Waals surface area contributed by atoms with Crippen molar-refractivity contribution in [2.75, 3.05) is 4.90 Å². The highest BCUT2D eigenvalue weighted by Gasteiger charge is 2.28. The predicted octanol–water partition coefficient (Wildman–Crippen LogP) is 10.4. The third kappa shape index (κ3) is 3.91. The van der Waals surface area contributed by atoms with E-state index in [9.17, 15) is 0 Å². The lowest BCUT2D eigenvalue weighted by Crippen LogP contribution is -2.19. The first-order valence-corrected chi connectivity index (χ1v) is 14.9. The minimum atomic E-state index is 0.865. The van der Waals surface area contributed by atoms with Crippen LogP contribution in [0.5, 0.6) is 0 Å². The fraction of sp³-hybridized carbons (Fsp3) is 0.0541. The molecule has 41 heavy (non-hydrogen) atoms. The summed E-state index contributed by atoms with van der Waals surface area (Å²) in [6.07, 6.45) is 0.865. The third-order valence-corrected chi connectivity index (χ3v) is 9.10. The van der Waals surface area contributed by atoms with E-state index in [4.69, 9.17) is 4.98 Å². The highest BCUT2D eigenvalue weighted by molar-refractivity contribution is 7.18. The van der Waals surface area contributed by atoms with Crippen LogP contribution >= 0.6 is 11.3 Å². The molecule has 8 rings (SSSR count). The van der Waals surface area contributed by atoms with Crippen molar-refractivity contribution < 1.29 is 0 Å². The molecule has 0 amide bonds. The van der Waals surface area contributed by atoms with Crippen LogP contribution in [0.1, 0.15) is 12.7 Å². The van der Waals surface area contributed by atoms with Gasteiger partial charge in [-0.15, -0.1) is 11.3 Å². The number of hydrogen-bond donors (Lipinski definition) is 0. The van der Waals surface area contributed by atoms with E-state index in [2.05, 4.69) is 150 Å². The maximum absolute atomic E-state index is 5.04. The molecule has 3 heterocycles. The molecule has 2 aromatic heterocycles. The standard InChI is InChI=1S/C37H27N3S/c1-2-36-38-30-14-9-15-32-37(30)40(36)33-24-28(20-21-31(33)39(32)29-12-7-4-8-13-29)25-16-18-27(19-17-25)35-23-22-34(41-35)26-10-5-3-6-11-26/h3-24H,2H2,1H3. The number of hydrogen-bond acceptors (Lipinski definition) is 3. The maximum atomic E-state index is 5.04. The fourth-order valence-electron chi connectivity index (χ4n) is 5.97. The number of nitrogens with zero attached hydrogens (tertiary/aromatic N) is 3. The smallest absolute Gasteiger partial charge is 0.114 e. The maximum Gasteiger partial charge on any atom is 0.114 e. The van der Waals surface area contributed by atoms with Crippen molar-refractivity contribution in [2.24, 2.45) is 0 Å². The molecule has 0 N–H and O–H groups in total. The van der Waals surface area contributed by atoms with Gasteiger partial charge in [-0.2, -0.15) is 0 Å². The topological polar surface area (TPSA) is 21.1 Å². The van der Waals surface area contributed by atoms with Gasteiger partial charge in [-0.1, -0.05) is 91.9 Å². The van der Waals surface area contributed by atoms with Crippen LogP contribution in [0.15, 0.2) is 133 Å². The second-order valence-corrected chi connectivity index (χ2v) is 11.4. The molecule has 5 aromatic carbocycles. The van der Waals surface area contributed by atoms with Crippen molar-refractivity contribution in [3.8, 4) is 37.7 Å². The molecule has 0 fully saturated rings. The largest absolute Gasteiger partial charge is 0.306 e. The lowest BCUT2D eigenvalue weighted by molar-refractivity contribution is 0.900. The van der Waals surface area contributed by atoms with Gasteiger partial charge in [-0.05, 0) is 70.8 Å². The van der Waals surface area contributed by atoms with Crippen LogP contribution < -0.4 is 4.90 Å². The Kier molecular flexibility index (Phi) is 5.61. The molecule has 1 aliphatic rings. The molecule has 4 heteroatoms. The van der Waals surface area contributed by atoms with E-state index in [1.54, 1.807) is 0 Å². The summed E-state index contributed by atoms with van der Waals surface area (Å²) < 4.78 is 2.37. The lowest BCUT2D eigenvalue weighted by Gasteiger charge is -2.33. The molecule has 0 bridgehead atoms. The number of rotatable bonds is 5. The Morgan fingerprint density at radius 2 is 1.22 bits per heavy atom. The highest BCUT2D eigenvalue weighted by Crippen LogP contribution is 2.48. The fourth-order valence-corrected chi connectivity index (χ4v) is 6.98. The Balaban J connectivity index is 1.22. The van der Waals surface area contributed by atoms with Gasteiger partial charge >= 0.3 is 0 Å². The number of thiophene rings is 1. The summed E-state index contributed by atoms with van der Waals surface area (Å²) in [5.74, 6) is 1.08. The van der Waals surface area contributed by atoms with E-state index in [0.29, 0.717) is 0 Å².